The van der Waals surface area contributed by atoms with Gasteiger partial charge in [-0.05, 0) is 6.92 Å². The van der Waals surface area contributed by atoms with E-state index in [0.717, 1.165) is 6.26 Å². The summed E-state index contributed by atoms with van der Waals surface area (Å²) >= 11 is 0. The highest BCUT2D eigenvalue weighted by Crippen LogP contribution is 1.97. The van der Waals surface area contributed by atoms with Crippen LogP contribution in [0, 0.1) is 11.3 Å². The Morgan fingerprint density at radius 3 is 2.71 bits per heavy atom. The smallest absolute Gasteiger partial charge is 0.352 e. The molecule has 0 bridgehead atoms. The van der Waals surface area contributed by atoms with Crippen LogP contribution in [0.25, 0.3) is 0 Å². The average Bonchev–Trinajstić information content (AvgIpc) is 2.19. The van der Waals surface area contributed by atoms with Crippen LogP contribution in [0.15, 0.2) is 11.8 Å². The lowest BCUT2D eigenvalue weighted by atomic mass is 10.3. The summed E-state index contributed by atoms with van der Waals surface area (Å²) in [6.07, 6.45) is 1.09. The van der Waals surface area contributed by atoms with Gasteiger partial charge in [0.25, 0.3) is 0 Å². The van der Waals surface area contributed by atoms with E-state index in [1.54, 1.807) is 13.0 Å². The van der Waals surface area contributed by atoms with Crippen molar-refractivity contribution in [2.45, 2.75) is 6.92 Å². The molecule has 0 aromatic carbocycles. The molecule has 0 unspecified atom stereocenters. The first kappa shape index (κ1) is 12.5. The van der Waals surface area contributed by atoms with Gasteiger partial charge in [0.2, 0.25) is 0 Å². The lowest BCUT2D eigenvalue weighted by molar-refractivity contribution is -0.139. The van der Waals surface area contributed by atoms with Gasteiger partial charge in [0.15, 0.2) is 5.57 Å². The van der Waals surface area contributed by atoms with Gasteiger partial charge in [0.05, 0.1) is 13.2 Å². The zero-order valence-electron chi connectivity index (χ0n) is 8.28. The minimum atomic E-state index is -0.696. The largest absolute Gasteiger partial charge is 0.500 e. The molecule has 0 aromatic rings. The Balaban J connectivity index is 4.00. The van der Waals surface area contributed by atoms with Gasteiger partial charge >= 0.3 is 5.97 Å². The highest BCUT2D eigenvalue weighted by Gasteiger charge is 2.10. The number of carbonyl (C=O) groups excluding carboxylic acids is 1. The quantitative estimate of drug-likeness (QED) is 0.206. The Morgan fingerprint density at radius 2 is 2.21 bits per heavy atom. The van der Waals surface area contributed by atoms with Crippen LogP contribution >= 0.6 is 0 Å². The van der Waals surface area contributed by atoms with Crippen LogP contribution in [0.1, 0.15) is 6.92 Å². The van der Waals surface area contributed by atoms with Gasteiger partial charge in [0.1, 0.15) is 18.9 Å². The van der Waals surface area contributed by atoms with Crippen LogP contribution in [-0.4, -0.2) is 32.9 Å². The molecule has 0 N–H and O–H groups in total. The van der Waals surface area contributed by atoms with Crippen molar-refractivity contribution in [1.82, 2.24) is 0 Å². The summed E-state index contributed by atoms with van der Waals surface area (Å²) in [4.78, 5) is 11.1. The number of hydrogen-bond donors (Lipinski definition) is 0. The first-order valence-electron chi connectivity index (χ1n) is 4.14. The fraction of sp³-hybridized carbons (Fsp3) is 0.556. The Morgan fingerprint density at radius 1 is 1.50 bits per heavy atom. The maximum absolute atomic E-state index is 11.1. The first-order valence-corrected chi connectivity index (χ1v) is 4.14. The summed E-state index contributed by atoms with van der Waals surface area (Å²) in [6.45, 7) is 2.58. The van der Waals surface area contributed by atoms with E-state index in [2.05, 4.69) is 4.74 Å². The summed E-state index contributed by atoms with van der Waals surface area (Å²) in [7, 11) is 1.50. The maximum Gasteiger partial charge on any atom is 0.352 e. The van der Waals surface area contributed by atoms with Gasteiger partial charge in [-0.2, -0.15) is 5.26 Å². The van der Waals surface area contributed by atoms with Gasteiger partial charge in [-0.15, -0.1) is 0 Å². The molecule has 0 saturated heterocycles. The molecule has 0 aromatic heterocycles. The lowest BCUT2D eigenvalue weighted by Gasteiger charge is -2.02. The number of rotatable bonds is 6. The molecular weight excluding hydrogens is 186 g/mol. The van der Waals surface area contributed by atoms with Crippen molar-refractivity contribution in [2.75, 3.05) is 26.9 Å². The number of nitrogens with zero attached hydrogens (tertiary/aromatic N) is 1. The van der Waals surface area contributed by atoms with Gasteiger partial charge < -0.3 is 14.2 Å². The van der Waals surface area contributed by atoms with Crippen LogP contribution in [0.3, 0.4) is 0 Å². The molecule has 78 valence electrons. The second-order valence-electron chi connectivity index (χ2n) is 2.23. The van der Waals surface area contributed by atoms with Crippen LogP contribution in [0.2, 0.25) is 0 Å². The van der Waals surface area contributed by atoms with E-state index in [9.17, 15) is 4.79 Å². The third kappa shape index (κ3) is 5.17. The standard InChI is InChI=1S/C9H13NO4/c1-3-13-7-8(6-10)9(11)14-5-4-12-2/h7H,3-5H2,1-2H3. The number of ether oxygens (including phenoxy) is 3. The molecule has 5 heteroatoms. The van der Waals surface area contributed by atoms with Gasteiger partial charge in [0, 0.05) is 7.11 Å². The van der Waals surface area contributed by atoms with E-state index in [4.69, 9.17) is 14.7 Å². The normalized spacial score (nSPS) is 10.5. The van der Waals surface area contributed by atoms with E-state index in [-0.39, 0.29) is 12.2 Å². The minimum Gasteiger partial charge on any atom is -0.500 e. The zero-order chi connectivity index (χ0) is 10.8. The van der Waals surface area contributed by atoms with Gasteiger partial charge in [-0.3, -0.25) is 0 Å². The van der Waals surface area contributed by atoms with Crippen LogP contribution < -0.4 is 0 Å². The molecule has 0 spiro atoms. The number of hydrogen-bond acceptors (Lipinski definition) is 5. The summed E-state index contributed by atoms with van der Waals surface area (Å²) in [5.41, 5.74) is -0.150. The zero-order valence-corrected chi connectivity index (χ0v) is 8.28. The Kier molecular flexibility index (Phi) is 7.19. The van der Waals surface area contributed by atoms with Crippen LogP contribution in [0.5, 0.6) is 0 Å². The fourth-order valence-electron chi connectivity index (χ4n) is 0.582. The number of nitriles is 1. The summed E-state index contributed by atoms with van der Waals surface area (Å²) in [6, 6.07) is 1.68. The van der Waals surface area contributed by atoms with Crippen LogP contribution in [-0.2, 0) is 19.0 Å². The van der Waals surface area contributed by atoms with E-state index in [1.165, 1.54) is 7.11 Å². The Labute approximate surface area is 82.9 Å². The van der Waals surface area contributed by atoms with Gasteiger partial charge in [-0.25, -0.2) is 4.79 Å². The van der Waals surface area contributed by atoms with E-state index >= 15 is 0 Å². The summed E-state index contributed by atoms with van der Waals surface area (Å²) in [5.74, 6) is -0.696. The van der Waals surface area contributed by atoms with E-state index in [1.807, 2.05) is 0 Å². The molecule has 0 amide bonds. The molecule has 14 heavy (non-hydrogen) atoms. The van der Waals surface area contributed by atoms with Crippen molar-refractivity contribution < 1.29 is 19.0 Å². The molecule has 0 heterocycles. The monoisotopic (exact) mass is 199 g/mol. The summed E-state index contributed by atoms with van der Waals surface area (Å²) < 4.78 is 14.2. The number of esters is 1. The molecule has 0 aliphatic carbocycles. The molecule has 0 radical (unpaired) electrons. The van der Waals surface area contributed by atoms with Gasteiger partial charge in [-0.1, -0.05) is 0 Å². The molecule has 0 rings (SSSR count). The number of methoxy groups -OCH3 is 1. The maximum atomic E-state index is 11.1. The van der Waals surface area contributed by atoms with Crippen molar-refractivity contribution in [3.8, 4) is 6.07 Å². The fourth-order valence-corrected chi connectivity index (χ4v) is 0.582. The van der Waals surface area contributed by atoms with E-state index in [0.29, 0.717) is 13.2 Å². The highest BCUT2D eigenvalue weighted by molar-refractivity contribution is 5.92. The molecule has 0 atom stereocenters. The van der Waals surface area contributed by atoms with E-state index < -0.39 is 5.97 Å². The second kappa shape index (κ2) is 8.08. The molecular formula is C9H13NO4. The third-order valence-corrected chi connectivity index (χ3v) is 1.23. The molecule has 0 aliphatic heterocycles. The lowest BCUT2D eigenvalue weighted by Crippen LogP contribution is -2.11. The molecule has 0 aliphatic rings. The molecule has 0 fully saturated rings. The summed E-state index contributed by atoms with van der Waals surface area (Å²) in [5, 5.41) is 8.55. The van der Waals surface area contributed by atoms with Crippen molar-refractivity contribution in [2.24, 2.45) is 0 Å². The predicted octanol–water partition coefficient (Wildman–Crippen LogP) is 0.620. The first-order chi connectivity index (χ1) is 6.76. The van der Waals surface area contributed by atoms with Crippen molar-refractivity contribution in [1.29, 1.82) is 5.26 Å². The molecule has 0 saturated carbocycles. The Bertz CT molecular complexity index is 242. The second-order valence-corrected chi connectivity index (χ2v) is 2.23. The third-order valence-electron chi connectivity index (χ3n) is 1.23. The predicted molar refractivity (Wildman–Crippen MR) is 48.2 cm³/mol. The number of carbonyl (C=O) groups is 1. The van der Waals surface area contributed by atoms with Crippen molar-refractivity contribution in [3.05, 3.63) is 11.8 Å². The SMILES string of the molecule is CCOC=C(C#N)C(=O)OCCOC. The average molecular weight is 199 g/mol. The van der Waals surface area contributed by atoms with Crippen molar-refractivity contribution in [3.63, 3.8) is 0 Å². The minimum absolute atomic E-state index is 0.125. The highest BCUT2D eigenvalue weighted by atomic mass is 16.6. The van der Waals surface area contributed by atoms with Crippen molar-refractivity contribution >= 4 is 5.97 Å². The Hall–Kier alpha value is -1.54. The van der Waals surface area contributed by atoms with Crippen LogP contribution in [0.4, 0.5) is 0 Å². The topological polar surface area (TPSA) is 68.5 Å². The molecule has 5 nitrogen and oxygen atoms in total.